The van der Waals surface area contributed by atoms with E-state index in [1.807, 2.05) is 30.3 Å². The van der Waals surface area contributed by atoms with E-state index in [2.05, 4.69) is 21.2 Å². The highest BCUT2D eigenvalue weighted by Crippen LogP contribution is 2.22. The van der Waals surface area contributed by atoms with Crippen molar-refractivity contribution in [2.45, 2.75) is 6.54 Å². The zero-order chi connectivity index (χ0) is 14.5. The van der Waals surface area contributed by atoms with Gasteiger partial charge in [0.1, 0.15) is 11.6 Å². The summed E-state index contributed by atoms with van der Waals surface area (Å²) in [6.07, 6.45) is 0. The molecule has 0 bridgehead atoms. The van der Waals surface area contributed by atoms with Gasteiger partial charge in [-0.3, -0.25) is 10.1 Å². The van der Waals surface area contributed by atoms with Crippen molar-refractivity contribution in [3.05, 3.63) is 68.2 Å². The number of hydrogen-bond donors (Lipinski definition) is 1. The summed E-state index contributed by atoms with van der Waals surface area (Å²) < 4.78 is 0.984. The summed E-state index contributed by atoms with van der Waals surface area (Å²) >= 11 is 3.39. The quantitative estimate of drug-likeness (QED) is 0.681. The van der Waals surface area contributed by atoms with Crippen molar-refractivity contribution in [3.8, 4) is 6.07 Å². The molecule has 0 amide bonds. The molecule has 0 spiro atoms. The van der Waals surface area contributed by atoms with Gasteiger partial charge in [0.15, 0.2) is 0 Å². The van der Waals surface area contributed by atoms with Crippen LogP contribution in [0.5, 0.6) is 0 Å². The minimum absolute atomic E-state index is 0.0502. The fourth-order valence-corrected chi connectivity index (χ4v) is 2.19. The van der Waals surface area contributed by atoms with Gasteiger partial charge in [-0.25, -0.2) is 0 Å². The Balaban J connectivity index is 2.15. The average Bonchev–Trinajstić information content (AvgIpc) is 2.44. The molecule has 0 unspecified atom stereocenters. The van der Waals surface area contributed by atoms with Crippen molar-refractivity contribution >= 4 is 27.3 Å². The molecular formula is C14H10BrN3O2. The molecule has 2 aromatic carbocycles. The van der Waals surface area contributed by atoms with Crippen LogP contribution in [-0.2, 0) is 6.54 Å². The summed E-state index contributed by atoms with van der Waals surface area (Å²) in [5, 5.41) is 22.8. The van der Waals surface area contributed by atoms with Crippen LogP contribution in [-0.4, -0.2) is 4.92 Å². The summed E-state index contributed by atoms with van der Waals surface area (Å²) in [6, 6.07) is 14.1. The monoisotopic (exact) mass is 331 g/mol. The van der Waals surface area contributed by atoms with Crippen LogP contribution in [0.15, 0.2) is 46.9 Å². The molecule has 0 aliphatic rings. The van der Waals surface area contributed by atoms with Crippen LogP contribution in [0.25, 0.3) is 0 Å². The predicted molar refractivity (Wildman–Crippen MR) is 79.3 cm³/mol. The molecule has 6 heteroatoms. The number of nitriles is 1. The molecule has 0 radical (unpaired) electrons. The summed E-state index contributed by atoms with van der Waals surface area (Å²) in [5.74, 6) is 0. The van der Waals surface area contributed by atoms with Crippen LogP contribution in [0, 0.1) is 21.4 Å². The number of nitrogens with zero attached hydrogens (tertiary/aromatic N) is 2. The van der Waals surface area contributed by atoms with E-state index >= 15 is 0 Å². The van der Waals surface area contributed by atoms with E-state index in [0.717, 1.165) is 10.0 Å². The summed E-state index contributed by atoms with van der Waals surface area (Å²) in [7, 11) is 0. The molecule has 0 saturated heterocycles. The topological polar surface area (TPSA) is 79.0 Å². The Kier molecular flexibility index (Phi) is 4.33. The second kappa shape index (κ2) is 6.17. The average molecular weight is 332 g/mol. The standard InChI is InChI=1S/C14H10BrN3O2/c15-12-3-1-2-10(6-12)9-17-13-4-5-14(18(19)20)11(7-13)8-16/h1-7,17H,9H2. The van der Waals surface area contributed by atoms with Crippen LogP contribution in [0.3, 0.4) is 0 Å². The van der Waals surface area contributed by atoms with Crippen molar-refractivity contribution < 1.29 is 4.92 Å². The van der Waals surface area contributed by atoms with Crippen LogP contribution in [0.2, 0.25) is 0 Å². The summed E-state index contributed by atoms with van der Waals surface area (Å²) in [4.78, 5) is 10.2. The number of rotatable bonds is 4. The maximum atomic E-state index is 10.7. The maximum absolute atomic E-state index is 10.7. The van der Waals surface area contributed by atoms with Gasteiger partial charge in [-0.2, -0.15) is 5.26 Å². The van der Waals surface area contributed by atoms with E-state index in [0.29, 0.717) is 12.2 Å². The molecule has 0 aromatic heterocycles. The van der Waals surface area contributed by atoms with Gasteiger partial charge in [0.05, 0.1) is 4.92 Å². The highest BCUT2D eigenvalue weighted by Gasteiger charge is 2.13. The molecule has 100 valence electrons. The van der Waals surface area contributed by atoms with Gasteiger partial charge in [-0.15, -0.1) is 0 Å². The first-order valence-electron chi connectivity index (χ1n) is 5.77. The molecular weight excluding hydrogens is 322 g/mol. The number of nitro groups is 1. The SMILES string of the molecule is N#Cc1cc(NCc2cccc(Br)c2)ccc1[N+](=O)[O-]. The number of anilines is 1. The van der Waals surface area contributed by atoms with Crippen LogP contribution in [0.1, 0.15) is 11.1 Å². The number of nitrogens with one attached hydrogen (secondary N) is 1. The fraction of sp³-hybridized carbons (Fsp3) is 0.0714. The third-order valence-electron chi connectivity index (χ3n) is 2.70. The first-order valence-corrected chi connectivity index (χ1v) is 6.56. The van der Waals surface area contributed by atoms with Crippen molar-refractivity contribution in [3.63, 3.8) is 0 Å². The van der Waals surface area contributed by atoms with E-state index in [1.165, 1.54) is 12.1 Å². The van der Waals surface area contributed by atoms with Gasteiger partial charge in [-0.05, 0) is 29.8 Å². The molecule has 0 aliphatic carbocycles. The summed E-state index contributed by atoms with van der Waals surface area (Å²) in [5.41, 5.74) is 1.61. The van der Waals surface area contributed by atoms with Gasteiger partial charge in [0.2, 0.25) is 0 Å². The first kappa shape index (κ1) is 14.0. The Hall–Kier alpha value is -2.39. The van der Waals surface area contributed by atoms with E-state index < -0.39 is 4.92 Å². The number of halogens is 1. The Bertz CT molecular complexity index is 695. The molecule has 0 saturated carbocycles. The van der Waals surface area contributed by atoms with E-state index in [-0.39, 0.29) is 11.3 Å². The van der Waals surface area contributed by atoms with Gasteiger partial charge in [-0.1, -0.05) is 28.1 Å². The number of nitro benzene ring substituents is 1. The molecule has 1 N–H and O–H groups in total. The molecule has 5 nitrogen and oxygen atoms in total. The third kappa shape index (κ3) is 3.33. The molecule has 2 rings (SSSR count). The second-order valence-electron chi connectivity index (χ2n) is 4.08. The van der Waals surface area contributed by atoms with Crippen LogP contribution < -0.4 is 5.32 Å². The molecule has 0 heterocycles. The smallest absolute Gasteiger partial charge is 0.287 e. The van der Waals surface area contributed by atoms with Crippen LogP contribution in [0.4, 0.5) is 11.4 Å². The van der Waals surface area contributed by atoms with Gasteiger partial charge < -0.3 is 5.32 Å². The van der Waals surface area contributed by atoms with E-state index in [9.17, 15) is 10.1 Å². The lowest BCUT2D eigenvalue weighted by Crippen LogP contribution is -2.00. The van der Waals surface area contributed by atoms with E-state index in [1.54, 1.807) is 6.07 Å². The van der Waals surface area contributed by atoms with E-state index in [4.69, 9.17) is 5.26 Å². The second-order valence-corrected chi connectivity index (χ2v) is 5.00. The highest BCUT2D eigenvalue weighted by molar-refractivity contribution is 9.10. The lowest BCUT2D eigenvalue weighted by atomic mass is 10.1. The molecule has 0 aliphatic heterocycles. The molecule has 0 fully saturated rings. The van der Waals surface area contributed by atoms with Crippen LogP contribution >= 0.6 is 15.9 Å². The molecule has 2 aromatic rings. The van der Waals surface area contributed by atoms with Crippen molar-refractivity contribution in [1.82, 2.24) is 0 Å². The largest absolute Gasteiger partial charge is 0.381 e. The minimum atomic E-state index is -0.559. The van der Waals surface area contributed by atoms with Gasteiger partial charge >= 0.3 is 0 Å². The Morgan fingerprint density at radius 2 is 2.10 bits per heavy atom. The summed E-state index contributed by atoms with van der Waals surface area (Å²) in [6.45, 7) is 0.572. The lowest BCUT2D eigenvalue weighted by molar-refractivity contribution is -0.385. The van der Waals surface area contributed by atoms with Gasteiger partial charge in [0, 0.05) is 22.8 Å². The predicted octanol–water partition coefficient (Wildman–Crippen LogP) is 3.84. The Morgan fingerprint density at radius 1 is 1.30 bits per heavy atom. The van der Waals surface area contributed by atoms with Gasteiger partial charge in [0.25, 0.3) is 5.69 Å². The Labute approximate surface area is 124 Å². The number of benzene rings is 2. The lowest BCUT2D eigenvalue weighted by Gasteiger charge is -2.07. The normalized spacial score (nSPS) is 9.80. The zero-order valence-corrected chi connectivity index (χ0v) is 11.9. The molecule has 0 atom stereocenters. The fourth-order valence-electron chi connectivity index (χ4n) is 1.75. The van der Waals surface area contributed by atoms with Crippen molar-refractivity contribution in [1.29, 1.82) is 5.26 Å². The molecule has 20 heavy (non-hydrogen) atoms. The van der Waals surface area contributed by atoms with Crippen molar-refractivity contribution in [2.75, 3.05) is 5.32 Å². The van der Waals surface area contributed by atoms with Crippen molar-refractivity contribution in [2.24, 2.45) is 0 Å². The Morgan fingerprint density at radius 3 is 2.75 bits per heavy atom. The number of hydrogen-bond acceptors (Lipinski definition) is 4. The first-order chi connectivity index (χ1) is 9.60. The third-order valence-corrected chi connectivity index (χ3v) is 3.19. The zero-order valence-electron chi connectivity index (χ0n) is 10.3. The maximum Gasteiger partial charge on any atom is 0.287 e. The highest BCUT2D eigenvalue weighted by atomic mass is 79.9. The minimum Gasteiger partial charge on any atom is -0.381 e.